The SMILES string of the molecule is CC1(C)c2ccc([nH]2)C(C)(C)c2ccc([nH]2)C(C)(C)c2[nH]c(cc2/C=C(\C#N)c2ccc(C#N)cc2)C(C)(C)c2ccc1[nH]2. The van der Waals surface area contributed by atoms with Gasteiger partial charge in [-0.25, -0.2) is 0 Å². The minimum Gasteiger partial charge on any atom is -0.361 e. The second kappa shape index (κ2) is 9.79. The van der Waals surface area contributed by atoms with Gasteiger partial charge in [-0.15, -0.1) is 0 Å². The monoisotopic (exact) mass is 580 g/mol. The fraction of sp³-hybridized carbons (Fsp3) is 0.316. The standard InChI is InChI=1S/C38H40N6/c1-35(2)27-13-14-28(41-27)36(3,4)30-17-18-32(43-30)38(7,8)34-25(19-26(22-40)24-11-9-23(21-39)10-12-24)20-33(44-34)37(5,6)31-16-15-29(35)42-31/h9-20,41-44H,1-8H3/b26-19+. The van der Waals surface area contributed by atoms with E-state index in [1.807, 2.05) is 18.2 Å². The summed E-state index contributed by atoms with van der Waals surface area (Å²) in [4.78, 5) is 15.2. The molecule has 222 valence electrons. The van der Waals surface area contributed by atoms with E-state index in [1.165, 1.54) is 0 Å². The average Bonchev–Trinajstić information content (AvgIpc) is 3.81. The molecule has 0 atom stereocenters. The van der Waals surface area contributed by atoms with Crippen LogP contribution in [0.1, 0.15) is 118 Å². The van der Waals surface area contributed by atoms with Crippen LogP contribution in [0, 0.1) is 22.7 Å². The maximum absolute atomic E-state index is 10.3. The fourth-order valence-corrected chi connectivity index (χ4v) is 6.44. The Hall–Kier alpha value is -4.94. The summed E-state index contributed by atoms with van der Waals surface area (Å²) < 4.78 is 0. The Morgan fingerprint density at radius 2 is 0.955 bits per heavy atom. The molecule has 1 aliphatic heterocycles. The van der Waals surface area contributed by atoms with Crippen LogP contribution < -0.4 is 0 Å². The molecule has 1 aliphatic rings. The van der Waals surface area contributed by atoms with E-state index in [4.69, 9.17) is 0 Å². The number of aromatic amines is 4. The average molecular weight is 581 g/mol. The number of nitrogens with zero attached hydrogens (tertiary/aromatic N) is 2. The van der Waals surface area contributed by atoms with Crippen molar-refractivity contribution in [3.05, 3.63) is 129 Å². The number of hydrogen-bond acceptors (Lipinski definition) is 2. The van der Waals surface area contributed by atoms with Gasteiger partial charge in [0.05, 0.1) is 23.3 Å². The van der Waals surface area contributed by atoms with Gasteiger partial charge >= 0.3 is 0 Å². The summed E-state index contributed by atoms with van der Waals surface area (Å²) in [6.45, 7) is 17.9. The van der Waals surface area contributed by atoms with Gasteiger partial charge in [0.15, 0.2) is 0 Å². The van der Waals surface area contributed by atoms with Crippen LogP contribution in [0.3, 0.4) is 0 Å². The number of hydrogen-bond donors (Lipinski definition) is 4. The van der Waals surface area contributed by atoms with Crippen molar-refractivity contribution in [1.82, 2.24) is 19.9 Å². The highest BCUT2D eigenvalue weighted by molar-refractivity contribution is 5.90. The van der Waals surface area contributed by atoms with E-state index in [-0.39, 0.29) is 16.2 Å². The minimum absolute atomic E-state index is 0.264. The van der Waals surface area contributed by atoms with E-state index >= 15 is 0 Å². The molecule has 8 bridgehead atoms. The Kier molecular flexibility index (Phi) is 6.49. The minimum atomic E-state index is -0.444. The summed E-state index contributed by atoms with van der Waals surface area (Å²) in [5.41, 5.74) is 10.3. The van der Waals surface area contributed by atoms with Crippen molar-refractivity contribution in [3.8, 4) is 12.1 Å². The maximum atomic E-state index is 10.3. The zero-order chi connectivity index (χ0) is 31.7. The molecule has 0 radical (unpaired) electrons. The summed E-state index contributed by atoms with van der Waals surface area (Å²) in [6.07, 6.45) is 1.97. The number of nitrogens with one attached hydrogen (secondary N) is 4. The molecule has 1 aromatic carbocycles. The third-order valence-corrected chi connectivity index (χ3v) is 9.99. The molecular formula is C38H40N6. The van der Waals surface area contributed by atoms with E-state index in [0.717, 1.165) is 56.7 Å². The first-order valence-corrected chi connectivity index (χ1v) is 15.2. The second-order valence-electron chi connectivity index (χ2n) is 14.2. The van der Waals surface area contributed by atoms with Crippen LogP contribution in [0.4, 0.5) is 0 Å². The normalized spacial score (nSPS) is 17.9. The number of benzene rings is 1. The third kappa shape index (κ3) is 4.45. The number of H-pyrrole nitrogens is 4. The lowest BCUT2D eigenvalue weighted by molar-refractivity contribution is 0.545. The van der Waals surface area contributed by atoms with E-state index in [9.17, 15) is 10.5 Å². The Bertz CT molecular complexity index is 1980. The zero-order valence-corrected chi connectivity index (χ0v) is 26.8. The van der Waals surface area contributed by atoms with Crippen LogP contribution in [0.15, 0.2) is 66.7 Å². The molecule has 6 rings (SSSR count). The summed E-state index contributed by atoms with van der Waals surface area (Å²) in [5, 5.41) is 19.5. The lowest BCUT2D eigenvalue weighted by Gasteiger charge is -2.28. The van der Waals surface area contributed by atoms with Gasteiger partial charge in [0.1, 0.15) is 0 Å². The van der Waals surface area contributed by atoms with Crippen molar-refractivity contribution < 1.29 is 0 Å². The van der Waals surface area contributed by atoms with Gasteiger partial charge < -0.3 is 19.9 Å². The number of allylic oxidation sites excluding steroid dienone is 1. The fourth-order valence-electron chi connectivity index (χ4n) is 6.44. The number of nitriles is 2. The number of fused-ring (bicyclic) bond motifs is 8. The molecule has 4 aromatic heterocycles. The Labute approximate surface area is 259 Å². The van der Waals surface area contributed by atoms with Gasteiger partial charge in [-0.1, -0.05) is 12.1 Å². The highest BCUT2D eigenvalue weighted by Crippen LogP contribution is 2.42. The van der Waals surface area contributed by atoms with Gasteiger partial charge in [0.2, 0.25) is 0 Å². The first kappa shape index (κ1) is 29.1. The summed E-state index contributed by atoms with van der Waals surface area (Å²) in [7, 11) is 0. The smallest absolute Gasteiger partial charge is 0.0998 e. The summed E-state index contributed by atoms with van der Waals surface area (Å²) >= 11 is 0. The molecular weight excluding hydrogens is 540 g/mol. The molecule has 0 amide bonds. The van der Waals surface area contributed by atoms with Crippen LogP contribution >= 0.6 is 0 Å². The molecule has 4 N–H and O–H groups in total. The lowest BCUT2D eigenvalue weighted by atomic mass is 9.83. The van der Waals surface area contributed by atoms with Crippen molar-refractivity contribution in [3.63, 3.8) is 0 Å². The quantitative estimate of drug-likeness (QED) is 0.157. The molecule has 6 nitrogen and oxygen atoms in total. The van der Waals surface area contributed by atoms with Crippen molar-refractivity contribution in [1.29, 1.82) is 10.5 Å². The van der Waals surface area contributed by atoms with Crippen LogP contribution in [0.2, 0.25) is 0 Å². The van der Waals surface area contributed by atoms with Crippen molar-refractivity contribution >= 4 is 11.6 Å². The predicted octanol–water partition coefficient (Wildman–Crippen LogP) is 8.55. The van der Waals surface area contributed by atoms with E-state index in [0.29, 0.717) is 11.1 Å². The van der Waals surface area contributed by atoms with Crippen molar-refractivity contribution in [2.45, 2.75) is 77.0 Å². The highest BCUT2D eigenvalue weighted by Gasteiger charge is 2.37. The van der Waals surface area contributed by atoms with Crippen molar-refractivity contribution in [2.75, 3.05) is 0 Å². The van der Waals surface area contributed by atoms with E-state index < -0.39 is 5.41 Å². The number of rotatable bonds is 2. The van der Waals surface area contributed by atoms with Gasteiger partial charge in [0, 0.05) is 67.2 Å². The van der Waals surface area contributed by atoms with Crippen LogP contribution in [-0.2, 0) is 21.7 Å². The van der Waals surface area contributed by atoms with Crippen LogP contribution in [0.5, 0.6) is 0 Å². The molecule has 0 fully saturated rings. The Morgan fingerprint density at radius 1 is 0.545 bits per heavy atom. The highest BCUT2D eigenvalue weighted by atomic mass is 14.9. The van der Waals surface area contributed by atoms with E-state index in [1.54, 1.807) is 12.1 Å². The molecule has 5 aromatic rings. The summed E-state index contributed by atoms with van der Waals surface area (Å²) in [5.74, 6) is 0. The van der Waals surface area contributed by atoms with Crippen LogP contribution in [0.25, 0.3) is 11.6 Å². The van der Waals surface area contributed by atoms with E-state index in [2.05, 4.69) is 130 Å². The van der Waals surface area contributed by atoms with Gasteiger partial charge in [-0.3, -0.25) is 0 Å². The lowest BCUT2D eigenvalue weighted by Crippen LogP contribution is -2.26. The summed E-state index contributed by atoms with van der Waals surface area (Å²) in [6, 6.07) is 27.1. The molecule has 0 saturated heterocycles. The molecule has 6 heteroatoms. The molecule has 0 unspecified atom stereocenters. The zero-order valence-electron chi connectivity index (χ0n) is 26.8. The van der Waals surface area contributed by atoms with Gasteiger partial charge in [-0.05, 0) is 127 Å². The first-order chi connectivity index (χ1) is 20.7. The molecule has 44 heavy (non-hydrogen) atoms. The molecule has 5 heterocycles. The van der Waals surface area contributed by atoms with Crippen molar-refractivity contribution in [2.24, 2.45) is 0 Å². The maximum Gasteiger partial charge on any atom is 0.0998 e. The Balaban J connectivity index is 1.60. The van der Waals surface area contributed by atoms with Gasteiger partial charge in [-0.2, -0.15) is 10.5 Å². The number of aromatic nitrogens is 4. The van der Waals surface area contributed by atoms with Crippen LogP contribution in [-0.4, -0.2) is 19.9 Å². The van der Waals surface area contributed by atoms with Gasteiger partial charge in [0.25, 0.3) is 0 Å². The molecule has 0 aliphatic carbocycles. The third-order valence-electron chi connectivity index (χ3n) is 9.99. The first-order valence-electron chi connectivity index (χ1n) is 15.2. The second-order valence-corrected chi connectivity index (χ2v) is 14.2. The molecule has 0 spiro atoms. The predicted molar refractivity (Wildman–Crippen MR) is 176 cm³/mol. The largest absolute Gasteiger partial charge is 0.361 e. The Morgan fingerprint density at radius 3 is 1.36 bits per heavy atom. The molecule has 0 saturated carbocycles. The topological polar surface area (TPSA) is 111 Å².